The second kappa shape index (κ2) is 3.25. The van der Waals surface area contributed by atoms with Gasteiger partial charge < -0.3 is 10.2 Å². The summed E-state index contributed by atoms with van der Waals surface area (Å²) in [5, 5.41) is 0. The van der Waals surface area contributed by atoms with E-state index in [4.69, 9.17) is 10.2 Å². The van der Waals surface area contributed by atoms with Crippen LogP contribution in [0.15, 0.2) is 22.6 Å². The molecule has 2 N–H and O–H groups in total. The molecule has 0 spiro atoms. The van der Waals surface area contributed by atoms with Crippen LogP contribution in [0.5, 0.6) is 0 Å². The standard InChI is InChI=1S/C14H16N2O/c15-10-5-6-11-12(7-10)17-14(16-11)13(8-1-2-8)9-3-4-9/h5-9,13H,1-4,15H2. The second-order valence-corrected chi connectivity index (χ2v) is 5.48. The molecule has 1 heterocycles. The smallest absolute Gasteiger partial charge is 0.199 e. The Morgan fingerprint density at radius 1 is 1.18 bits per heavy atom. The van der Waals surface area contributed by atoms with Crippen molar-refractivity contribution < 1.29 is 4.42 Å². The van der Waals surface area contributed by atoms with Crippen molar-refractivity contribution in [3.63, 3.8) is 0 Å². The minimum atomic E-state index is 0.573. The van der Waals surface area contributed by atoms with Crippen LogP contribution in [0, 0.1) is 11.8 Å². The summed E-state index contributed by atoms with van der Waals surface area (Å²) in [7, 11) is 0. The monoisotopic (exact) mass is 228 g/mol. The van der Waals surface area contributed by atoms with Gasteiger partial charge in [0, 0.05) is 17.7 Å². The van der Waals surface area contributed by atoms with E-state index in [0.717, 1.165) is 34.5 Å². The third-order valence-electron chi connectivity index (χ3n) is 3.97. The Labute approximate surface area is 100 Å². The second-order valence-electron chi connectivity index (χ2n) is 5.48. The number of nitrogens with two attached hydrogens (primary N) is 1. The Kier molecular flexibility index (Phi) is 1.82. The van der Waals surface area contributed by atoms with Crippen molar-refractivity contribution >= 4 is 16.8 Å². The summed E-state index contributed by atoms with van der Waals surface area (Å²) in [6.07, 6.45) is 5.40. The molecule has 0 aliphatic heterocycles. The van der Waals surface area contributed by atoms with Crippen LogP contribution in [0.3, 0.4) is 0 Å². The number of hydrogen-bond donors (Lipinski definition) is 1. The third kappa shape index (κ3) is 1.61. The van der Waals surface area contributed by atoms with E-state index in [0.29, 0.717) is 5.92 Å². The van der Waals surface area contributed by atoms with Gasteiger partial charge in [-0.25, -0.2) is 4.98 Å². The topological polar surface area (TPSA) is 52.0 Å². The van der Waals surface area contributed by atoms with E-state index in [9.17, 15) is 0 Å². The molecule has 2 saturated carbocycles. The van der Waals surface area contributed by atoms with Gasteiger partial charge in [0.1, 0.15) is 5.52 Å². The van der Waals surface area contributed by atoms with E-state index >= 15 is 0 Å². The summed E-state index contributed by atoms with van der Waals surface area (Å²) in [5.74, 6) is 3.18. The van der Waals surface area contributed by atoms with Crippen molar-refractivity contribution in [2.75, 3.05) is 5.73 Å². The largest absolute Gasteiger partial charge is 0.440 e. The molecule has 0 unspecified atom stereocenters. The highest BCUT2D eigenvalue weighted by Crippen LogP contribution is 2.54. The van der Waals surface area contributed by atoms with Gasteiger partial charge in [0.15, 0.2) is 11.5 Å². The van der Waals surface area contributed by atoms with E-state index in [-0.39, 0.29) is 0 Å². The van der Waals surface area contributed by atoms with Gasteiger partial charge in [-0.05, 0) is 49.7 Å². The number of fused-ring (bicyclic) bond motifs is 1. The molecule has 17 heavy (non-hydrogen) atoms. The zero-order chi connectivity index (χ0) is 11.4. The molecular weight excluding hydrogens is 212 g/mol. The minimum absolute atomic E-state index is 0.573. The first-order chi connectivity index (χ1) is 8.31. The lowest BCUT2D eigenvalue weighted by Gasteiger charge is -2.09. The van der Waals surface area contributed by atoms with E-state index in [1.54, 1.807) is 0 Å². The Balaban J connectivity index is 1.78. The molecule has 0 radical (unpaired) electrons. The Morgan fingerprint density at radius 2 is 1.88 bits per heavy atom. The van der Waals surface area contributed by atoms with Crippen molar-refractivity contribution in [3.05, 3.63) is 24.1 Å². The fraction of sp³-hybridized carbons (Fsp3) is 0.500. The number of nitrogens with zero attached hydrogens (tertiary/aromatic N) is 1. The quantitative estimate of drug-likeness (QED) is 0.820. The first-order valence-electron chi connectivity index (χ1n) is 6.47. The predicted octanol–water partition coefficient (Wildman–Crippen LogP) is 3.31. The van der Waals surface area contributed by atoms with Crippen molar-refractivity contribution in [3.8, 4) is 0 Å². The number of anilines is 1. The molecule has 1 aromatic carbocycles. The number of benzene rings is 1. The number of aromatic nitrogens is 1. The number of rotatable bonds is 3. The van der Waals surface area contributed by atoms with Crippen molar-refractivity contribution in [1.29, 1.82) is 0 Å². The Bertz CT molecular complexity index is 555. The fourth-order valence-electron chi connectivity index (χ4n) is 2.80. The lowest BCUT2D eigenvalue weighted by Crippen LogP contribution is -2.03. The summed E-state index contributed by atoms with van der Waals surface area (Å²) in [5.41, 5.74) is 8.29. The highest BCUT2D eigenvalue weighted by atomic mass is 16.3. The Morgan fingerprint density at radius 3 is 2.53 bits per heavy atom. The highest BCUT2D eigenvalue weighted by Gasteiger charge is 2.44. The molecule has 2 fully saturated rings. The third-order valence-corrected chi connectivity index (χ3v) is 3.97. The van der Waals surface area contributed by atoms with Crippen LogP contribution in [-0.2, 0) is 0 Å². The van der Waals surface area contributed by atoms with Crippen LogP contribution >= 0.6 is 0 Å². The van der Waals surface area contributed by atoms with Gasteiger partial charge in [0.25, 0.3) is 0 Å². The zero-order valence-electron chi connectivity index (χ0n) is 9.73. The van der Waals surface area contributed by atoms with Gasteiger partial charge in [-0.1, -0.05) is 0 Å². The summed E-state index contributed by atoms with van der Waals surface area (Å²) in [4.78, 5) is 4.65. The normalized spacial score (nSPS) is 20.3. The first kappa shape index (κ1) is 9.51. The molecule has 4 rings (SSSR count). The molecule has 1 aromatic heterocycles. The minimum Gasteiger partial charge on any atom is -0.440 e. The molecule has 3 heteroatoms. The average molecular weight is 228 g/mol. The molecule has 3 nitrogen and oxygen atoms in total. The maximum Gasteiger partial charge on any atom is 0.199 e. The van der Waals surface area contributed by atoms with Crippen molar-refractivity contribution in [1.82, 2.24) is 4.98 Å². The lowest BCUT2D eigenvalue weighted by atomic mass is 9.98. The van der Waals surface area contributed by atoms with Gasteiger partial charge in [-0.2, -0.15) is 0 Å². The van der Waals surface area contributed by atoms with Crippen LogP contribution in [0.2, 0.25) is 0 Å². The van der Waals surface area contributed by atoms with Crippen LogP contribution in [-0.4, -0.2) is 4.98 Å². The molecule has 88 valence electrons. The zero-order valence-corrected chi connectivity index (χ0v) is 9.73. The van der Waals surface area contributed by atoms with E-state index < -0.39 is 0 Å². The van der Waals surface area contributed by atoms with Crippen molar-refractivity contribution in [2.24, 2.45) is 11.8 Å². The molecule has 0 bridgehead atoms. The summed E-state index contributed by atoms with van der Waals surface area (Å²) in [6.45, 7) is 0. The molecule has 2 aliphatic carbocycles. The molecule has 2 aliphatic rings. The molecule has 0 atom stereocenters. The summed E-state index contributed by atoms with van der Waals surface area (Å²) >= 11 is 0. The average Bonchev–Trinajstić information content (AvgIpc) is 3.19. The van der Waals surface area contributed by atoms with E-state index in [2.05, 4.69) is 4.98 Å². The number of oxazole rings is 1. The van der Waals surface area contributed by atoms with Gasteiger partial charge in [0.2, 0.25) is 0 Å². The summed E-state index contributed by atoms with van der Waals surface area (Å²) in [6, 6.07) is 5.72. The Hall–Kier alpha value is -1.51. The lowest BCUT2D eigenvalue weighted by molar-refractivity contribution is 0.408. The molecule has 0 amide bonds. The van der Waals surface area contributed by atoms with Gasteiger partial charge in [-0.3, -0.25) is 0 Å². The van der Waals surface area contributed by atoms with E-state index in [1.807, 2.05) is 18.2 Å². The van der Waals surface area contributed by atoms with Crippen LogP contribution in [0.4, 0.5) is 5.69 Å². The molecule has 0 saturated heterocycles. The number of nitrogen functional groups attached to an aromatic ring is 1. The van der Waals surface area contributed by atoms with Crippen LogP contribution in [0.1, 0.15) is 37.5 Å². The predicted molar refractivity (Wildman–Crippen MR) is 66.6 cm³/mol. The maximum atomic E-state index is 5.92. The van der Waals surface area contributed by atoms with Crippen LogP contribution in [0.25, 0.3) is 11.1 Å². The number of hydrogen-bond acceptors (Lipinski definition) is 3. The van der Waals surface area contributed by atoms with Gasteiger partial charge >= 0.3 is 0 Å². The SMILES string of the molecule is Nc1ccc2nc(C(C3CC3)C3CC3)oc2c1. The van der Waals surface area contributed by atoms with Gasteiger partial charge in [-0.15, -0.1) is 0 Å². The fourth-order valence-corrected chi connectivity index (χ4v) is 2.80. The van der Waals surface area contributed by atoms with Crippen molar-refractivity contribution in [2.45, 2.75) is 31.6 Å². The first-order valence-corrected chi connectivity index (χ1v) is 6.47. The van der Waals surface area contributed by atoms with E-state index in [1.165, 1.54) is 25.7 Å². The molecule has 2 aromatic rings. The van der Waals surface area contributed by atoms with Crippen LogP contribution < -0.4 is 5.73 Å². The van der Waals surface area contributed by atoms with Gasteiger partial charge in [0.05, 0.1) is 0 Å². The molecular formula is C14H16N2O. The summed E-state index contributed by atoms with van der Waals surface area (Å²) < 4.78 is 5.92. The highest BCUT2D eigenvalue weighted by molar-refractivity contribution is 5.76. The maximum absolute atomic E-state index is 5.92.